The van der Waals surface area contributed by atoms with Crippen LogP contribution in [0.3, 0.4) is 0 Å². The molecule has 6 nitrogen and oxygen atoms in total. The molecule has 0 radical (unpaired) electrons. The van der Waals surface area contributed by atoms with Crippen molar-refractivity contribution in [2.75, 3.05) is 33.3 Å². The molecule has 2 fully saturated rings. The molecule has 1 atom stereocenters. The SMILES string of the molecule is CCCC1(C(=O)N2CCC(NC(=O)OC)C2)CCNCC1. The molecule has 2 N–H and O–H groups in total. The minimum absolute atomic E-state index is 0.0155. The number of alkyl carbamates (subject to hydrolysis) is 1. The van der Waals surface area contributed by atoms with Crippen LogP contribution in [0.5, 0.6) is 0 Å². The van der Waals surface area contributed by atoms with E-state index in [0.717, 1.165) is 51.7 Å². The van der Waals surface area contributed by atoms with Gasteiger partial charge in [-0.2, -0.15) is 0 Å². The highest BCUT2D eigenvalue weighted by Gasteiger charge is 2.43. The van der Waals surface area contributed by atoms with E-state index >= 15 is 0 Å². The molecular formula is C15H27N3O3. The van der Waals surface area contributed by atoms with Crippen molar-refractivity contribution in [3.8, 4) is 0 Å². The Morgan fingerprint density at radius 1 is 1.38 bits per heavy atom. The van der Waals surface area contributed by atoms with E-state index < -0.39 is 6.09 Å². The lowest BCUT2D eigenvalue weighted by Crippen LogP contribution is -2.49. The molecule has 0 aromatic carbocycles. The summed E-state index contributed by atoms with van der Waals surface area (Å²) < 4.78 is 4.62. The minimum Gasteiger partial charge on any atom is -0.453 e. The number of methoxy groups -OCH3 is 1. The van der Waals surface area contributed by atoms with Gasteiger partial charge in [0.2, 0.25) is 5.91 Å². The third kappa shape index (κ3) is 3.67. The lowest BCUT2D eigenvalue weighted by molar-refractivity contribution is -0.143. The Kier molecular flexibility index (Phi) is 5.45. The zero-order valence-corrected chi connectivity index (χ0v) is 13.1. The zero-order chi connectivity index (χ0) is 15.3. The summed E-state index contributed by atoms with van der Waals surface area (Å²) in [5, 5.41) is 6.14. The van der Waals surface area contributed by atoms with E-state index in [0.29, 0.717) is 6.54 Å². The molecule has 2 aliphatic rings. The maximum atomic E-state index is 13.0. The Morgan fingerprint density at radius 2 is 2.10 bits per heavy atom. The molecule has 0 aliphatic carbocycles. The van der Waals surface area contributed by atoms with Crippen molar-refractivity contribution in [2.24, 2.45) is 5.41 Å². The molecular weight excluding hydrogens is 270 g/mol. The van der Waals surface area contributed by atoms with Gasteiger partial charge in [0.15, 0.2) is 0 Å². The topological polar surface area (TPSA) is 70.7 Å². The van der Waals surface area contributed by atoms with E-state index in [4.69, 9.17) is 0 Å². The summed E-state index contributed by atoms with van der Waals surface area (Å²) in [5.41, 5.74) is -0.194. The molecule has 0 aromatic rings. The van der Waals surface area contributed by atoms with Gasteiger partial charge in [-0.1, -0.05) is 13.3 Å². The molecule has 6 heteroatoms. The number of likely N-dealkylation sites (tertiary alicyclic amines) is 1. The Morgan fingerprint density at radius 3 is 2.71 bits per heavy atom. The molecule has 120 valence electrons. The van der Waals surface area contributed by atoms with Crippen LogP contribution in [-0.2, 0) is 9.53 Å². The predicted molar refractivity (Wildman–Crippen MR) is 80.0 cm³/mol. The third-order valence-corrected chi connectivity index (χ3v) is 4.73. The number of hydrogen-bond acceptors (Lipinski definition) is 4. The summed E-state index contributed by atoms with van der Waals surface area (Å²) in [6, 6.07) is 0.0155. The van der Waals surface area contributed by atoms with Gasteiger partial charge in [0.05, 0.1) is 18.6 Å². The van der Waals surface area contributed by atoms with Crippen molar-refractivity contribution in [1.29, 1.82) is 0 Å². The van der Waals surface area contributed by atoms with Crippen LogP contribution in [0.25, 0.3) is 0 Å². The molecule has 2 heterocycles. The Hall–Kier alpha value is -1.30. The molecule has 2 aliphatic heterocycles. The monoisotopic (exact) mass is 297 g/mol. The second-order valence-corrected chi connectivity index (χ2v) is 6.15. The first-order valence-electron chi connectivity index (χ1n) is 7.96. The van der Waals surface area contributed by atoms with E-state index in [1.54, 1.807) is 0 Å². The number of nitrogens with one attached hydrogen (secondary N) is 2. The minimum atomic E-state index is -0.417. The number of carbonyl (C=O) groups is 2. The smallest absolute Gasteiger partial charge is 0.407 e. The molecule has 21 heavy (non-hydrogen) atoms. The molecule has 2 rings (SSSR count). The van der Waals surface area contributed by atoms with Crippen LogP contribution < -0.4 is 10.6 Å². The predicted octanol–water partition coefficient (Wildman–Crippen LogP) is 1.11. The number of carbonyl (C=O) groups excluding carboxylic acids is 2. The molecule has 2 amide bonds. The number of nitrogens with zero attached hydrogens (tertiary/aromatic N) is 1. The van der Waals surface area contributed by atoms with Crippen molar-refractivity contribution in [2.45, 2.75) is 45.1 Å². The Labute approximate surface area is 126 Å². The van der Waals surface area contributed by atoms with Crippen LogP contribution in [0.1, 0.15) is 39.0 Å². The fourth-order valence-corrected chi connectivity index (χ4v) is 3.58. The highest BCUT2D eigenvalue weighted by molar-refractivity contribution is 5.83. The van der Waals surface area contributed by atoms with Gasteiger partial charge >= 0.3 is 6.09 Å². The average molecular weight is 297 g/mol. The van der Waals surface area contributed by atoms with Gasteiger partial charge in [-0.15, -0.1) is 0 Å². The average Bonchev–Trinajstić information content (AvgIpc) is 2.96. The Bertz CT molecular complexity index is 375. The summed E-state index contributed by atoms with van der Waals surface area (Å²) >= 11 is 0. The lowest BCUT2D eigenvalue weighted by Gasteiger charge is -2.39. The zero-order valence-electron chi connectivity index (χ0n) is 13.1. The maximum absolute atomic E-state index is 13.0. The number of amides is 2. The highest BCUT2D eigenvalue weighted by atomic mass is 16.5. The van der Waals surface area contributed by atoms with Crippen LogP contribution in [0, 0.1) is 5.41 Å². The van der Waals surface area contributed by atoms with E-state index in [2.05, 4.69) is 22.3 Å². The van der Waals surface area contributed by atoms with Gasteiger partial charge in [0.1, 0.15) is 0 Å². The summed E-state index contributed by atoms with van der Waals surface area (Å²) in [4.78, 5) is 26.2. The Balaban J connectivity index is 1.97. The first-order chi connectivity index (χ1) is 10.1. The highest BCUT2D eigenvalue weighted by Crippen LogP contribution is 2.37. The maximum Gasteiger partial charge on any atom is 0.407 e. The largest absolute Gasteiger partial charge is 0.453 e. The van der Waals surface area contributed by atoms with E-state index in [1.807, 2.05) is 4.90 Å². The van der Waals surface area contributed by atoms with E-state index in [9.17, 15) is 9.59 Å². The van der Waals surface area contributed by atoms with E-state index in [1.165, 1.54) is 7.11 Å². The van der Waals surface area contributed by atoms with Crippen LogP contribution >= 0.6 is 0 Å². The van der Waals surface area contributed by atoms with Crippen LogP contribution in [0.4, 0.5) is 4.79 Å². The van der Waals surface area contributed by atoms with Crippen molar-refractivity contribution in [3.05, 3.63) is 0 Å². The second-order valence-electron chi connectivity index (χ2n) is 6.15. The third-order valence-electron chi connectivity index (χ3n) is 4.73. The number of ether oxygens (including phenoxy) is 1. The van der Waals surface area contributed by atoms with Gasteiger partial charge in [-0.3, -0.25) is 4.79 Å². The quantitative estimate of drug-likeness (QED) is 0.815. The van der Waals surface area contributed by atoms with Gasteiger partial charge in [0, 0.05) is 13.1 Å². The fraction of sp³-hybridized carbons (Fsp3) is 0.867. The molecule has 0 bridgehead atoms. The van der Waals surface area contributed by atoms with Crippen molar-refractivity contribution in [3.63, 3.8) is 0 Å². The van der Waals surface area contributed by atoms with Crippen LogP contribution in [0.15, 0.2) is 0 Å². The normalized spacial score (nSPS) is 24.7. The molecule has 0 spiro atoms. The summed E-state index contributed by atoms with van der Waals surface area (Å²) in [6.07, 6.45) is 4.22. The number of piperidine rings is 1. The van der Waals surface area contributed by atoms with Crippen molar-refractivity contribution >= 4 is 12.0 Å². The number of rotatable bonds is 4. The molecule has 0 aromatic heterocycles. The molecule has 0 saturated carbocycles. The fourth-order valence-electron chi connectivity index (χ4n) is 3.58. The summed E-state index contributed by atoms with van der Waals surface area (Å²) in [5.74, 6) is 0.278. The van der Waals surface area contributed by atoms with Gasteiger partial charge in [0.25, 0.3) is 0 Å². The summed E-state index contributed by atoms with van der Waals surface area (Å²) in [7, 11) is 1.36. The standard InChI is InChI=1S/C15H27N3O3/c1-3-5-15(6-8-16-9-7-15)13(19)18-10-4-12(11-18)17-14(20)21-2/h12,16H,3-11H2,1-2H3,(H,17,20). The van der Waals surface area contributed by atoms with E-state index in [-0.39, 0.29) is 17.4 Å². The van der Waals surface area contributed by atoms with Gasteiger partial charge < -0.3 is 20.3 Å². The van der Waals surface area contributed by atoms with Gasteiger partial charge in [-0.05, 0) is 38.8 Å². The number of hydrogen-bond donors (Lipinski definition) is 2. The lowest BCUT2D eigenvalue weighted by atomic mass is 9.74. The van der Waals surface area contributed by atoms with Crippen molar-refractivity contribution in [1.82, 2.24) is 15.5 Å². The summed E-state index contributed by atoms with van der Waals surface area (Å²) in [6.45, 7) is 5.31. The van der Waals surface area contributed by atoms with Crippen LogP contribution in [-0.4, -0.2) is 56.2 Å². The van der Waals surface area contributed by atoms with Gasteiger partial charge in [-0.25, -0.2) is 4.79 Å². The van der Waals surface area contributed by atoms with Crippen molar-refractivity contribution < 1.29 is 14.3 Å². The molecule has 2 saturated heterocycles. The first-order valence-corrected chi connectivity index (χ1v) is 7.96. The first kappa shape index (κ1) is 16.1. The van der Waals surface area contributed by atoms with Crippen LogP contribution in [0.2, 0.25) is 0 Å². The molecule has 1 unspecified atom stereocenters. The second kappa shape index (κ2) is 7.11.